The number of fused-ring (bicyclic) bond motifs is 1. The van der Waals surface area contributed by atoms with E-state index in [1.807, 2.05) is 36.2 Å². The lowest BCUT2D eigenvalue weighted by Gasteiger charge is -2.22. The second-order valence-corrected chi connectivity index (χ2v) is 6.53. The predicted molar refractivity (Wildman–Crippen MR) is 110 cm³/mol. The number of methoxy groups -OCH3 is 3. The molecule has 0 N–H and O–H groups in total. The molecular weight excluding hydrogens is 374 g/mol. The number of rotatable bonds is 8. The van der Waals surface area contributed by atoms with Gasteiger partial charge in [0.2, 0.25) is 5.75 Å². The summed E-state index contributed by atoms with van der Waals surface area (Å²) in [4.78, 5) is 20.9. The van der Waals surface area contributed by atoms with Gasteiger partial charge in [0.05, 0.1) is 21.3 Å². The maximum absolute atomic E-state index is 12.9. The van der Waals surface area contributed by atoms with E-state index in [2.05, 4.69) is 4.98 Å². The smallest absolute Gasteiger partial charge is 0.298 e. The van der Waals surface area contributed by atoms with Gasteiger partial charge in [-0.1, -0.05) is 12.1 Å². The van der Waals surface area contributed by atoms with Crippen LogP contribution in [0.2, 0.25) is 0 Å². The Bertz CT molecular complexity index is 943. The molecule has 8 nitrogen and oxygen atoms in total. The standard InChI is InChI=1S/C21H25N3O5/c1-23(10-11-24(2)21-22-15-8-6-7-9-16(15)29-21)20(25)14-12-17(26-3)19(28-5)18(13-14)27-4/h6-9,12-13H,10-11H2,1-5H3. The van der Waals surface area contributed by atoms with Gasteiger partial charge in [-0.05, 0) is 24.3 Å². The molecule has 154 valence electrons. The van der Waals surface area contributed by atoms with Crippen LogP contribution in [0.25, 0.3) is 11.1 Å². The van der Waals surface area contributed by atoms with Crippen molar-refractivity contribution in [3.63, 3.8) is 0 Å². The molecule has 0 saturated heterocycles. The highest BCUT2D eigenvalue weighted by Gasteiger charge is 2.20. The summed E-state index contributed by atoms with van der Waals surface area (Å²) in [5.41, 5.74) is 1.99. The zero-order chi connectivity index (χ0) is 21.0. The molecule has 0 radical (unpaired) electrons. The molecule has 0 unspecified atom stereocenters. The van der Waals surface area contributed by atoms with E-state index in [-0.39, 0.29) is 5.91 Å². The van der Waals surface area contributed by atoms with Gasteiger partial charge in [-0.25, -0.2) is 0 Å². The minimum atomic E-state index is -0.157. The number of amides is 1. The van der Waals surface area contributed by atoms with Crippen LogP contribution >= 0.6 is 0 Å². The number of ether oxygens (including phenoxy) is 3. The first-order valence-electron chi connectivity index (χ1n) is 9.10. The van der Waals surface area contributed by atoms with Crippen LogP contribution in [-0.2, 0) is 0 Å². The highest BCUT2D eigenvalue weighted by molar-refractivity contribution is 5.95. The molecule has 0 spiro atoms. The van der Waals surface area contributed by atoms with Gasteiger partial charge in [0.15, 0.2) is 17.1 Å². The summed E-state index contributed by atoms with van der Waals surface area (Å²) in [5.74, 6) is 1.17. The molecule has 0 atom stereocenters. The fourth-order valence-corrected chi connectivity index (χ4v) is 2.95. The van der Waals surface area contributed by atoms with Gasteiger partial charge in [0.25, 0.3) is 11.9 Å². The summed E-state index contributed by atoms with van der Waals surface area (Å²) in [6.45, 7) is 1.03. The Kier molecular flexibility index (Phi) is 6.11. The first-order chi connectivity index (χ1) is 14.0. The molecule has 0 aliphatic carbocycles. The number of anilines is 1. The lowest BCUT2D eigenvalue weighted by Crippen LogP contribution is -2.35. The third-order valence-electron chi connectivity index (χ3n) is 4.64. The van der Waals surface area contributed by atoms with Crippen LogP contribution in [0.15, 0.2) is 40.8 Å². The van der Waals surface area contributed by atoms with Gasteiger partial charge in [-0.15, -0.1) is 0 Å². The number of benzene rings is 2. The van der Waals surface area contributed by atoms with Crippen molar-refractivity contribution >= 4 is 23.0 Å². The lowest BCUT2D eigenvalue weighted by atomic mass is 10.1. The fourth-order valence-electron chi connectivity index (χ4n) is 2.95. The average Bonchev–Trinajstić information content (AvgIpc) is 3.19. The molecule has 29 heavy (non-hydrogen) atoms. The Morgan fingerprint density at radius 3 is 2.24 bits per heavy atom. The van der Waals surface area contributed by atoms with Gasteiger partial charge in [0, 0.05) is 32.7 Å². The van der Waals surface area contributed by atoms with Gasteiger partial charge in [-0.2, -0.15) is 4.98 Å². The second-order valence-electron chi connectivity index (χ2n) is 6.53. The third kappa shape index (κ3) is 4.21. The van der Waals surface area contributed by atoms with Crippen molar-refractivity contribution in [3.05, 3.63) is 42.0 Å². The molecule has 1 heterocycles. The van der Waals surface area contributed by atoms with Gasteiger partial charge < -0.3 is 28.4 Å². The van der Waals surface area contributed by atoms with Crippen LogP contribution < -0.4 is 19.1 Å². The normalized spacial score (nSPS) is 10.7. The summed E-state index contributed by atoms with van der Waals surface area (Å²) in [5, 5.41) is 0. The number of nitrogens with zero attached hydrogens (tertiary/aromatic N) is 3. The SMILES string of the molecule is COc1cc(C(=O)N(C)CCN(C)c2nc3ccccc3o2)cc(OC)c1OC. The summed E-state index contributed by atoms with van der Waals surface area (Å²) in [7, 11) is 8.18. The largest absolute Gasteiger partial charge is 0.493 e. The molecular formula is C21H25N3O5. The third-order valence-corrected chi connectivity index (χ3v) is 4.64. The summed E-state index contributed by atoms with van der Waals surface area (Å²) in [6, 6.07) is 11.4. The summed E-state index contributed by atoms with van der Waals surface area (Å²) < 4.78 is 21.7. The molecule has 3 aromatic rings. The molecule has 8 heteroatoms. The Hall–Kier alpha value is -3.42. The predicted octanol–water partition coefficient (Wildman–Crippen LogP) is 3.06. The zero-order valence-corrected chi connectivity index (χ0v) is 17.3. The highest BCUT2D eigenvalue weighted by atomic mass is 16.5. The average molecular weight is 399 g/mol. The molecule has 0 bridgehead atoms. The second kappa shape index (κ2) is 8.72. The van der Waals surface area contributed by atoms with E-state index in [4.69, 9.17) is 18.6 Å². The molecule has 1 aromatic heterocycles. The van der Waals surface area contributed by atoms with Crippen LogP contribution in [0.4, 0.5) is 6.01 Å². The molecule has 0 aliphatic rings. The van der Waals surface area contributed by atoms with Crippen molar-refractivity contribution in [3.8, 4) is 17.2 Å². The van der Waals surface area contributed by atoms with Crippen LogP contribution in [0.5, 0.6) is 17.2 Å². The molecule has 0 fully saturated rings. The Labute approximate surface area is 169 Å². The van der Waals surface area contributed by atoms with Crippen LogP contribution in [0, 0.1) is 0 Å². The van der Waals surface area contributed by atoms with E-state index in [0.29, 0.717) is 41.9 Å². The lowest BCUT2D eigenvalue weighted by molar-refractivity contribution is 0.0797. The van der Waals surface area contributed by atoms with Crippen LogP contribution in [0.1, 0.15) is 10.4 Å². The Morgan fingerprint density at radius 1 is 1.00 bits per heavy atom. The van der Waals surface area contributed by atoms with E-state index >= 15 is 0 Å². The maximum Gasteiger partial charge on any atom is 0.298 e. The van der Waals surface area contributed by atoms with E-state index < -0.39 is 0 Å². The number of aromatic nitrogens is 1. The number of carbonyl (C=O) groups excluding carboxylic acids is 1. The van der Waals surface area contributed by atoms with E-state index in [1.54, 1.807) is 24.1 Å². The highest BCUT2D eigenvalue weighted by Crippen LogP contribution is 2.38. The molecule has 1 amide bonds. The zero-order valence-electron chi connectivity index (χ0n) is 17.3. The molecule has 0 aliphatic heterocycles. The van der Waals surface area contributed by atoms with Gasteiger partial charge in [-0.3, -0.25) is 4.79 Å². The van der Waals surface area contributed by atoms with Crippen molar-refractivity contribution in [2.45, 2.75) is 0 Å². The first kappa shape index (κ1) is 20.3. The number of carbonyl (C=O) groups is 1. The van der Waals surface area contributed by atoms with Crippen molar-refractivity contribution in [1.29, 1.82) is 0 Å². The van der Waals surface area contributed by atoms with E-state index in [9.17, 15) is 4.79 Å². The van der Waals surface area contributed by atoms with Crippen LogP contribution in [-0.4, -0.2) is 64.3 Å². The number of para-hydroxylation sites is 2. The number of oxazole rings is 1. The quantitative estimate of drug-likeness (QED) is 0.576. The van der Waals surface area contributed by atoms with Gasteiger partial charge >= 0.3 is 0 Å². The van der Waals surface area contributed by atoms with E-state index in [1.165, 1.54) is 21.3 Å². The number of hydrogen-bond acceptors (Lipinski definition) is 7. The number of hydrogen-bond donors (Lipinski definition) is 0. The Balaban J connectivity index is 1.70. The van der Waals surface area contributed by atoms with Gasteiger partial charge in [0.1, 0.15) is 5.52 Å². The first-order valence-corrected chi connectivity index (χ1v) is 9.10. The molecule has 3 rings (SSSR count). The minimum Gasteiger partial charge on any atom is -0.493 e. The molecule has 2 aromatic carbocycles. The van der Waals surface area contributed by atoms with E-state index in [0.717, 1.165) is 11.1 Å². The van der Waals surface area contributed by atoms with Crippen molar-refractivity contribution < 1.29 is 23.4 Å². The maximum atomic E-state index is 12.9. The number of likely N-dealkylation sites (N-methyl/N-ethyl adjacent to an activating group) is 2. The summed E-state index contributed by atoms with van der Waals surface area (Å²) in [6.07, 6.45) is 0. The monoisotopic (exact) mass is 399 g/mol. The fraction of sp³-hybridized carbons (Fsp3) is 0.333. The summed E-state index contributed by atoms with van der Waals surface area (Å²) >= 11 is 0. The minimum absolute atomic E-state index is 0.157. The topological polar surface area (TPSA) is 77.3 Å². The van der Waals surface area contributed by atoms with Crippen molar-refractivity contribution in [2.24, 2.45) is 0 Å². The Morgan fingerprint density at radius 2 is 1.66 bits per heavy atom. The van der Waals surface area contributed by atoms with Crippen molar-refractivity contribution in [1.82, 2.24) is 9.88 Å². The molecule has 0 saturated carbocycles. The van der Waals surface area contributed by atoms with Crippen LogP contribution in [0.3, 0.4) is 0 Å². The van der Waals surface area contributed by atoms with Crippen molar-refractivity contribution in [2.75, 3.05) is 53.4 Å².